The zero-order valence-corrected chi connectivity index (χ0v) is 15.1. The normalized spacial score (nSPS) is 10.6. The van der Waals surface area contributed by atoms with E-state index in [0.29, 0.717) is 27.4 Å². The zero-order valence-electron chi connectivity index (χ0n) is 12.7. The summed E-state index contributed by atoms with van der Waals surface area (Å²) >= 11 is 8.27. The molecule has 2 heterocycles. The molecular weight excluding hydrogens is 382 g/mol. The molecule has 0 spiro atoms. The smallest absolute Gasteiger partial charge is 0.273 e. The maximum atomic E-state index is 12.1. The van der Waals surface area contributed by atoms with Crippen LogP contribution in [-0.2, 0) is 11.2 Å². The molecule has 0 saturated heterocycles. The molecule has 0 radical (unpaired) electrons. The highest BCUT2D eigenvalue weighted by molar-refractivity contribution is 7.99. The minimum atomic E-state index is -0.326. The van der Waals surface area contributed by atoms with Crippen LogP contribution in [0.15, 0.2) is 45.8 Å². The third kappa shape index (κ3) is 5.12. The Balaban J connectivity index is 1.58. The van der Waals surface area contributed by atoms with Gasteiger partial charge in [0.05, 0.1) is 5.75 Å². The molecule has 7 nitrogen and oxygen atoms in total. The minimum absolute atomic E-state index is 0.0979. The first-order chi connectivity index (χ1) is 12.1. The number of H-pyrrole nitrogens is 1. The summed E-state index contributed by atoms with van der Waals surface area (Å²) in [6, 6.07) is 7.16. The van der Waals surface area contributed by atoms with Gasteiger partial charge in [0.1, 0.15) is 5.69 Å². The Kier molecular flexibility index (Phi) is 5.79. The number of carbonyl (C=O) groups is 1. The van der Waals surface area contributed by atoms with Crippen molar-refractivity contribution in [1.29, 1.82) is 0 Å². The van der Waals surface area contributed by atoms with E-state index in [0.717, 1.165) is 17.3 Å². The van der Waals surface area contributed by atoms with Crippen LogP contribution in [0.5, 0.6) is 0 Å². The van der Waals surface area contributed by atoms with Gasteiger partial charge in [0.2, 0.25) is 5.91 Å². The van der Waals surface area contributed by atoms with Gasteiger partial charge < -0.3 is 5.32 Å². The number of aromatic nitrogens is 4. The number of rotatable bonds is 6. The molecule has 0 aliphatic heterocycles. The molecule has 10 heteroatoms. The maximum absolute atomic E-state index is 12.1. The van der Waals surface area contributed by atoms with E-state index in [1.54, 1.807) is 23.7 Å². The molecule has 2 aromatic heterocycles. The quantitative estimate of drug-likeness (QED) is 0.624. The lowest BCUT2D eigenvalue weighted by Crippen LogP contribution is -2.19. The van der Waals surface area contributed by atoms with Crippen LogP contribution in [0, 0.1) is 0 Å². The molecule has 0 aliphatic carbocycles. The van der Waals surface area contributed by atoms with Crippen LogP contribution in [-0.4, -0.2) is 31.8 Å². The monoisotopic (exact) mass is 393 g/mol. The molecule has 3 rings (SSSR count). The topological polar surface area (TPSA) is 101 Å². The fourth-order valence-corrected chi connectivity index (χ4v) is 3.17. The number of thioether (sulfide) groups is 1. The van der Waals surface area contributed by atoms with Crippen molar-refractivity contribution in [2.24, 2.45) is 0 Å². The highest BCUT2D eigenvalue weighted by Gasteiger charge is 2.09. The molecule has 2 N–H and O–H groups in total. The van der Waals surface area contributed by atoms with Crippen molar-refractivity contribution in [2.75, 3.05) is 11.1 Å². The summed E-state index contributed by atoms with van der Waals surface area (Å²) in [6.45, 7) is 0. The number of thiazole rings is 1. The largest absolute Gasteiger partial charge is 0.301 e. The van der Waals surface area contributed by atoms with Crippen molar-refractivity contribution >= 4 is 45.7 Å². The van der Waals surface area contributed by atoms with Gasteiger partial charge in [0.15, 0.2) is 10.3 Å². The van der Waals surface area contributed by atoms with Crippen LogP contribution in [0.25, 0.3) is 0 Å². The predicted molar refractivity (Wildman–Crippen MR) is 98.4 cm³/mol. The standard InChI is InChI=1S/C15H12ClN5O2S2/c16-10-3-1-9(2-4-10)7-11-13(23)19-15(21-20-11)25-8-12(22)18-14-17-5-6-24-14/h1-6H,7-8H2,(H,17,18,22)(H,19,21,23). The number of nitrogens with one attached hydrogen (secondary N) is 2. The van der Waals surface area contributed by atoms with Crippen molar-refractivity contribution < 1.29 is 4.79 Å². The number of hydrogen-bond donors (Lipinski definition) is 2. The number of halogens is 1. The van der Waals surface area contributed by atoms with E-state index in [1.165, 1.54) is 11.3 Å². The first-order valence-electron chi connectivity index (χ1n) is 7.12. The SMILES string of the molecule is O=C(CSc1nnc(Cc2ccc(Cl)cc2)c(=O)[nH]1)Nc1nccs1. The average Bonchev–Trinajstić information content (AvgIpc) is 3.10. The van der Waals surface area contributed by atoms with Gasteiger partial charge in [-0.25, -0.2) is 4.98 Å². The van der Waals surface area contributed by atoms with E-state index >= 15 is 0 Å². The molecule has 0 unspecified atom stereocenters. The van der Waals surface area contributed by atoms with E-state index in [4.69, 9.17) is 11.6 Å². The Bertz CT molecular complexity index is 912. The highest BCUT2D eigenvalue weighted by atomic mass is 35.5. The Morgan fingerprint density at radius 1 is 1.28 bits per heavy atom. The summed E-state index contributed by atoms with van der Waals surface area (Å²) < 4.78 is 0. The van der Waals surface area contributed by atoms with E-state index in [2.05, 4.69) is 25.5 Å². The third-order valence-electron chi connectivity index (χ3n) is 3.05. The van der Waals surface area contributed by atoms with E-state index in [-0.39, 0.29) is 17.2 Å². The summed E-state index contributed by atoms with van der Waals surface area (Å²) in [4.78, 5) is 30.5. The Morgan fingerprint density at radius 2 is 2.08 bits per heavy atom. The zero-order chi connectivity index (χ0) is 17.6. The van der Waals surface area contributed by atoms with Gasteiger partial charge in [-0.1, -0.05) is 35.5 Å². The van der Waals surface area contributed by atoms with Crippen molar-refractivity contribution in [1.82, 2.24) is 20.2 Å². The third-order valence-corrected chi connectivity index (χ3v) is 4.85. The van der Waals surface area contributed by atoms with Gasteiger partial charge in [-0.2, -0.15) is 0 Å². The second-order valence-electron chi connectivity index (χ2n) is 4.88. The molecule has 0 saturated carbocycles. The van der Waals surface area contributed by atoms with Crippen molar-refractivity contribution in [3.05, 3.63) is 62.5 Å². The van der Waals surface area contributed by atoms with E-state index in [1.807, 2.05) is 12.1 Å². The Labute approximate surface area is 155 Å². The summed E-state index contributed by atoms with van der Waals surface area (Å²) in [5.41, 5.74) is 0.888. The van der Waals surface area contributed by atoms with Crippen LogP contribution >= 0.6 is 34.7 Å². The lowest BCUT2D eigenvalue weighted by molar-refractivity contribution is -0.113. The fourth-order valence-electron chi connectivity index (χ4n) is 1.90. The second kappa shape index (κ2) is 8.24. The maximum Gasteiger partial charge on any atom is 0.273 e. The van der Waals surface area contributed by atoms with Crippen LogP contribution < -0.4 is 10.9 Å². The number of amides is 1. The lowest BCUT2D eigenvalue weighted by Gasteiger charge is -2.03. The summed E-state index contributed by atoms with van der Waals surface area (Å²) in [5, 5.41) is 13.8. The molecule has 128 valence electrons. The average molecular weight is 394 g/mol. The summed E-state index contributed by atoms with van der Waals surface area (Å²) in [7, 11) is 0. The van der Waals surface area contributed by atoms with Gasteiger partial charge >= 0.3 is 0 Å². The number of carbonyl (C=O) groups excluding carboxylic acids is 1. The van der Waals surface area contributed by atoms with Gasteiger partial charge in [-0.15, -0.1) is 21.5 Å². The number of nitrogens with zero attached hydrogens (tertiary/aromatic N) is 3. The molecule has 1 aromatic carbocycles. The summed E-state index contributed by atoms with van der Waals surface area (Å²) in [6.07, 6.45) is 1.96. The van der Waals surface area contributed by atoms with Crippen LogP contribution in [0.2, 0.25) is 5.02 Å². The number of aromatic amines is 1. The number of hydrogen-bond acceptors (Lipinski definition) is 7. The molecule has 0 aliphatic rings. The molecule has 0 bridgehead atoms. The summed E-state index contributed by atoms with van der Waals surface area (Å²) in [5.74, 6) is -0.131. The minimum Gasteiger partial charge on any atom is -0.301 e. The second-order valence-corrected chi connectivity index (χ2v) is 7.18. The molecule has 0 atom stereocenters. The number of anilines is 1. The van der Waals surface area contributed by atoms with E-state index < -0.39 is 0 Å². The van der Waals surface area contributed by atoms with Gasteiger partial charge in [0, 0.05) is 23.0 Å². The van der Waals surface area contributed by atoms with Crippen LogP contribution in [0.1, 0.15) is 11.3 Å². The fraction of sp³-hybridized carbons (Fsp3) is 0.133. The van der Waals surface area contributed by atoms with Crippen molar-refractivity contribution in [2.45, 2.75) is 11.6 Å². The Morgan fingerprint density at radius 3 is 2.76 bits per heavy atom. The van der Waals surface area contributed by atoms with E-state index in [9.17, 15) is 9.59 Å². The molecule has 0 fully saturated rings. The van der Waals surface area contributed by atoms with Gasteiger partial charge in [-0.05, 0) is 17.7 Å². The Hall–Kier alpha value is -2.23. The van der Waals surface area contributed by atoms with Crippen LogP contribution in [0.3, 0.4) is 0 Å². The molecule has 25 heavy (non-hydrogen) atoms. The molecule has 3 aromatic rings. The van der Waals surface area contributed by atoms with Gasteiger partial charge in [-0.3, -0.25) is 14.6 Å². The van der Waals surface area contributed by atoms with Crippen molar-refractivity contribution in [3.8, 4) is 0 Å². The van der Waals surface area contributed by atoms with Crippen molar-refractivity contribution in [3.63, 3.8) is 0 Å². The first kappa shape index (κ1) is 17.6. The predicted octanol–water partition coefficient (Wildman–Crippen LogP) is 2.60. The first-order valence-corrected chi connectivity index (χ1v) is 9.37. The molecular formula is C15H12ClN5O2S2. The highest BCUT2D eigenvalue weighted by Crippen LogP contribution is 2.14. The van der Waals surface area contributed by atoms with Crippen LogP contribution in [0.4, 0.5) is 5.13 Å². The number of benzene rings is 1. The molecule has 1 amide bonds. The lowest BCUT2D eigenvalue weighted by atomic mass is 10.1. The van der Waals surface area contributed by atoms with Gasteiger partial charge in [0.25, 0.3) is 5.56 Å².